The number of thiazole rings is 1. The van der Waals surface area contributed by atoms with Gasteiger partial charge in [-0.3, -0.25) is 10.1 Å². The molecule has 0 unspecified atom stereocenters. The number of anilines is 1. The fraction of sp³-hybridized carbons (Fsp3) is 0.407. The molecule has 5 heteroatoms. The first-order chi connectivity index (χ1) is 15.4. The van der Waals surface area contributed by atoms with E-state index in [0.717, 1.165) is 24.0 Å². The predicted molar refractivity (Wildman–Crippen MR) is 126 cm³/mol. The van der Waals surface area contributed by atoms with Gasteiger partial charge in [-0.15, -0.1) is 11.3 Å². The van der Waals surface area contributed by atoms with Crippen LogP contribution < -0.4 is 5.32 Å². The molecule has 164 valence electrons. The molecule has 4 saturated carbocycles. The normalized spacial score (nSPS) is 30.4. The summed E-state index contributed by atoms with van der Waals surface area (Å²) < 4.78 is 13.2. The molecule has 1 amide bonds. The quantitative estimate of drug-likeness (QED) is 0.489. The van der Waals surface area contributed by atoms with Crippen LogP contribution in [0.1, 0.15) is 65.7 Å². The lowest BCUT2D eigenvalue weighted by molar-refractivity contribution is -0.0296. The van der Waals surface area contributed by atoms with Gasteiger partial charge in [0.15, 0.2) is 5.13 Å². The zero-order valence-corrected chi connectivity index (χ0v) is 19.1. The Kier molecular flexibility index (Phi) is 4.55. The van der Waals surface area contributed by atoms with Crippen LogP contribution in [0.25, 0.3) is 0 Å². The van der Waals surface area contributed by atoms with Gasteiger partial charge in [0.25, 0.3) is 5.91 Å². The van der Waals surface area contributed by atoms with Crippen molar-refractivity contribution in [1.82, 2.24) is 4.98 Å². The number of aromatic nitrogens is 1. The number of nitrogens with zero attached hydrogens (tertiary/aromatic N) is 1. The Balaban J connectivity index is 1.28. The number of hydrogen-bond acceptors (Lipinski definition) is 3. The average Bonchev–Trinajstić information content (AvgIpc) is 3.23. The Morgan fingerprint density at radius 3 is 2.34 bits per heavy atom. The molecule has 3 aromatic rings. The molecule has 0 spiro atoms. The molecule has 4 fully saturated rings. The highest BCUT2D eigenvalue weighted by molar-refractivity contribution is 7.14. The molecule has 3 nitrogen and oxygen atoms in total. The van der Waals surface area contributed by atoms with Crippen molar-refractivity contribution in [2.75, 3.05) is 5.32 Å². The second-order valence-electron chi connectivity index (χ2n) is 10.4. The van der Waals surface area contributed by atoms with Gasteiger partial charge >= 0.3 is 0 Å². The fourth-order valence-corrected chi connectivity index (χ4v) is 7.98. The van der Waals surface area contributed by atoms with E-state index in [4.69, 9.17) is 4.98 Å². The van der Waals surface area contributed by atoms with Gasteiger partial charge in [0.05, 0.1) is 5.69 Å². The average molecular weight is 447 g/mol. The largest absolute Gasteiger partial charge is 0.298 e. The highest BCUT2D eigenvalue weighted by Crippen LogP contribution is 2.66. The molecule has 32 heavy (non-hydrogen) atoms. The van der Waals surface area contributed by atoms with E-state index in [1.807, 2.05) is 0 Å². The monoisotopic (exact) mass is 446 g/mol. The van der Waals surface area contributed by atoms with Gasteiger partial charge in [-0.05, 0) is 92.5 Å². The summed E-state index contributed by atoms with van der Waals surface area (Å²) >= 11 is 1.50. The minimum atomic E-state index is -0.345. The molecule has 2 aromatic carbocycles. The summed E-state index contributed by atoms with van der Waals surface area (Å²) in [5, 5.41) is 5.72. The third kappa shape index (κ3) is 3.29. The van der Waals surface area contributed by atoms with Crippen LogP contribution in [-0.4, -0.2) is 10.9 Å². The Bertz CT molecular complexity index is 1150. The number of hydrogen-bond donors (Lipinski definition) is 1. The maximum Gasteiger partial charge on any atom is 0.257 e. The smallest absolute Gasteiger partial charge is 0.257 e. The van der Waals surface area contributed by atoms with Gasteiger partial charge in [-0.2, -0.15) is 0 Å². The van der Waals surface area contributed by atoms with Crippen molar-refractivity contribution in [1.29, 1.82) is 0 Å². The third-order valence-corrected chi connectivity index (χ3v) is 8.86. The second-order valence-corrected chi connectivity index (χ2v) is 11.2. The molecule has 7 rings (SSSR count). The van der Waals surface area contributed by atoms with Crippen molar-refractivity contribution in [2.45, 2.75) is 56.3 Å². The lowest BCUT2D eigenvalue weighted by Gasteiger charge is -2.62. The number of aryl methyl sites for hydroxylation is 1. The van der Waals surface area contributed by atoms with Crippen molar-refractivity contribution in [3.05, 3.63) is 82.1 Å². The number of halogens is 1. The first kappa shape index (κ1) is 20.1. The highest BCUT2D eigenvalue weighted by atomic mass is 32.1. The van der Waals surface area contributed by atoms with Gasteiger partial charge in [-0.25, -0.2) is 9.37 Å². The SMILES string of the molecule is Cc1ccc(C23C[C@@H]4C[C@@H](C2)CC(c2csc(NC(=O)c5ccc(F)cc5)n2)(C4)C3)cc1. The van der Waals surface area contributed by atoms with Crippen molar-refractivity contribution < 1.29 is 9.18 Å². The van der Waals surface area contributed by atoms with Crippen LogP contribution in [0.15, 0.2) is 53.9 Å². The molecular formula is C27H27FN2OS. The Labute approximate surface area is 192 Å². The number of rotatable bonds is 4. The number of carbonyl (C=O) groups excluding carboxylic acids is 1. The van der Waals surface area contributed by atoms with Gasteiger partial charge in [0, 0.05) is 16.4 Å². The first-order valence-corrected chi connectivity index (χ1v) is 12.4. The molecule has 0 radical (unpaired) electrons. The Hall–Kier alpha value is -2.53. The minimum absolute atomic E-state index is 0.115. The summed E-state index contributed by atoms with van der Waals surface area (Å²) in [5.41, 5.74) is 4.79. The van der Waals surface area contributed by atoms with Crippen LogP contribution >= 0.6 is 11.3 Å². The summed E-state index contributed by atoms with van der Waals surface area (Å²) in [5.74, 6) is 0.933. The van der Waals surface area contributed by atoms with E-state index < -0.39 is 0 Å². The molecule has 0 saturated heterocycles. The standard InChI is InChI=1S/C27H27FN2OS/c1-17-2-6-21(7-3-17)26-11-18-10-19(12-26)14-27(13-18,16-26)23-15-32-25(29-23)30-24(31)20-4-8-22(28)9-5-20/h2-9,15,18-19H,10-14,16H2,1H3,(H,29,30,31)/t18-,19-,26?,27?/m0/s1. The molecule has 0 aliphatic heterocycles. The van der Waals surface area contributed by atoms with E-state index in [-0.39, 0.29) is 22.6 Å². The summed E-state index contributed by atoms with van der Waals surface area (Å²) in [6.45, 7) is 2.15. The van der Waals surface area contributed by atoms with E-state index in [9.17, 15) is 9.18 Å². The second kappa shape index (κ2) is 7.24. The van der Waals surface area contributed by atoms with Crippen molar-refractivity contribution in [3.63, 3.8) is 0 Å². The molecule has 1 aromatic heterocycles. The summed E-state index contributed by atoms with van der Waals surface area (Å²) in [4.78, 5) is 17.5. The number of carbonyl (C=O) groups is 1. The molecule has 4 aliphatic rings. The van der Waals surface area contributed by atoms with Crippen molar-refractivity contribution in [3.8, 4) is 0 Å². The van der Waals surface area contributed by atoms with Crippen molar-refractivity contribution >= 4 is 22.4 Å². The minimum Gasteiger partial charge on any atom is -0.298 e. The Morgan fingerprint density at radius 2 is 1.66 bits per heavy atom. The highest BCUT2D eigenvalue weighted by Gasteiger charge is 2.59. The predicted octanol–water partition coefficient (Wildman–Crippen LogP) is 6.63. The summed E-state index contributed by atoms with van der Waals surface area (Å²) in [6.07, 6.45) is 7.54. The zero-order chi connectivity index (χ0) is 21.9. The van der Waals surface area contributed by atoms with Gasteiger partial charge in [0.2, 0.25) is 0 Å². The van der Waals surface area contributed by atoms with E-state index in [2.05, 4.69) is 41.9 Å². The number of benzene rings is 2. The molecule has 2 atom stereocenters. The van der Waals surface area contributed by atoms with Crippen LogP contribution in [0.5, 0.6) is 0 Å². The fourth-order valence-electron chi connectivity index (χ4n) is 7.15. The maximum absolute atomic E-state index is 13.2. The lowest BCUT2D eigenvalue weighted by atomic mass is 9.42. The zero-order valence-electron chi connectivity index (χ0n) is 18.2. The lowest BCUT2D eigenvalue weighted by Crippen LogP contribution is -2.56. The molecule has 4 aliphatic carbocycles. The van der Waals surface area contributed by atoms with Crippen LogP contribution in [-0.2, 0) is 10.8 Å². The number of nitrogens with one attached hydrogen (secondary N) is 1. The first-order valence-electron chi connectivity index (χ1n) is 11.5. The van der Waals surface area contributed by atoms with Crippen LogP contribution in [0.3, 0.4) is 0 Å². The Morgan fingerprint density at radius 1 is 1.00 bits per heavy atom. The van der Waals surface area contributed by atoms with Crippen molar-refractivity contribution in [2.24, 2.45) is 11.8 Å². The van der Waals surface area contributed by atoms with E-state index >= 15 is 0 Å². The van der Waals surface area contributed by atoms with Gasteiger partial charge < -0.3 is 0 Å². The van der Waals surface area contributed by atoms with E-state index in [1.54, 1.807) is 0 Å². The maximum atomic E-state index is 13.2. The molecule has 1 N–H and O–H groups in total. The van der Waals surface area contributed by atoms with Gasteiger partial charge in [0.1, 0.15) is 5.82 Å². The summed E-state index contributed by atoms with van der Waals surface area (Å²) in [6, 6.07) is 14.8. The number of amides is 1. The van der Waals surface area contributed by atoms with E-state index in [1.165, 1.54) is 78.8 Å². The van der Waals surface area contributed by atoms with Crippen LogP contribution in [0.4, 0.5) is 9.52 Å². The molecule has 1 heterocycles. The topological polar surface area (TPSA) is 42.0 Å². The van der Waals surface area contributed by atoms with E-state index in [0.29, 0.717) is 10.7 Å². The van der Waals surface area contributed by atoms with Gasteiger partial charge in [-0.1, -0.05) is 29.8 Å². The molecule has 4 bridgehead atoms. The third-order valence-electron chi connectivity index (χ3n) is 8.10. The summed E-state index contributed by atoms with van der Waals surface area (Å²) in [7, 11) is 0. The van der Waals surface area contributed by atoms with Crippen LogP contribution in [0, 0.1) is 24.6 Å². The van der Waals surface area contributed by atoms with Crippen LogP contribution in [0.2, 0.25) is 0 Å². The molecular weight excluding hydrogens is 419 g/mol.